The molecule has 168 valence electrons. The van der Waals surface area contributed by atoms with Gasteiger partial charge < -0.3 is 18.9 Å². The van der Waals surface area contributed by atoms with E-state index in [2.05, 4.69) is 0 Å². The second-order valence-electron chi connectivity index (χ2n) is 9.03. The molecule has 0 fully saturated rings. The van der Waals surface area contributed by atoms with Crippen LogP contribution in [-0.4, -0.2) is 55.7 Å². The van der Waals surface area contributed by atoms with E-state index >= 15 is 0 Å². The molecule has 8 nitrogen and oxygen atoms in total. The van der Waals surface area contributed by atoms with Gasteiger partial charge in [-0.3, -0.25) is 9.59 Å². The van der Waals surface area contributed by atoms with Gasteiger partial charge in [0.15, 0.2) is 12.4 Å². The Morgan fingerprint density at radius 2 is 1.24 bits per heavy atom. The van der Waals surface area contributed by atoms with Crippen LogP contribution >= 0.6 is 0 Å². The van der Waals surface area contributed by atoms with Crippen LogP contribution in [0.3, 0.4) is 0 Å². The molecule has 0 rings (SSSR count). The average Bonchev–Trinajstić information content (AvgIpc) is 2.57. The Labute approximate surface area is 173 Å². The Kier molecular flexibility index (Phi) is 12.4. The molecule has 0 aliphatic heterocycles. The number of hydrogen-bond donors (Lipinski definition) is 0. The van der Waals surface area contributed by atoms with E-state index in [1.165, 1.54) is 0 Å². The number of hydrogen-bond acceptors (Lipinski definition) is 8. The van der Waals surface area contributed by atoms with Crippen molar-refractivity contribution in [3.63, 3.8) is 0 Å². The lowest BCUT2D eigenvalue weighted by Crippen LogP contribution is -2.26. The summed E-state index contributed by atoms with van der Waals surface area (Å²) in [5.41, 5.74) is -0.634. The molecule has 8 heteroatoms. The second kappa shape index (κ2) is 13.3. The Balaban J connectivity index is 3.66. The number of carbonyl (C=O) groups excluding carboxylic acids is 4. The zero-order valence-corrected chi connectivity index (χ0v) is 18.6. The maximum Gasteiger partial charge on any atom is 0.344 e. The lowest BCUT2D eigenvalue weighted by Gasteiger charge is -2.18. The van der Waals surface area contributed by atoms with E-state index in [9.17, 15) is 19.2 Å². The number of carbonyl (C=O) groups is 4. The Morgan fingerprint density at radius 1 is 0.655 bits per heavy atom. The maximum atomic E-state index is 11.7. The van der Waals surface area contributed by atoms with Crippen LogP contribution in [0, 0.1) is 5.41 Å². The summed E-state index contributed by atoms with van der Waals surface area (Å²) in [7, 11) is 0. The van der Waals surface area contributed by atoms with Crippen LogP contribution in [0.1, 0.15) is 73.6 Å². The first-order valence-corrected chi connectivity index (χ1v) is 9.91. The summed E-state index contributed by atoms with van der Waals surface area (Å²) in [5.74, 6) is -1.76. The van der Waals surface area contributed by atoms with Crippen molar-refractivity contribution in [2.24, 2.45) is 5.41 Å². The largest absolute Gasteiger partial charge is 0.463 e. The fourth-order valence-electron chi connectivity index (χ4n) is 2.00. The van der Waals surface area contributed by atoms with Gasteiger partial charge in [-0.25, -0.2) is 9.59 Å². The molecule has 0 bridgehead atoms. The van der Waals surface area contributed by atoms with Crippen LogP contribution in [0.25, 0.3) is 0 Å². The first kappa shape index (κ1) is 27.0. The van der Waals surface area contributed by atoms with Gasteiger partial charge in [0, 0.05) is 6.42 Å². The predicted octanol–water partition coefficient (Wildman–Crippen LogP) is 3.00. The van der Waals surface area contributed by atoms with Gasteiger partial charge in [0.1, 0.15) is 13.2 Å². The molecule has 0 spiro atoms. The maximum absolute atomic E-state index is 11.7. The standard InChI is InChI=1S/C21H36O8/c1-20(2,3)12-17(23)27-13-16(22)10-8-7-9-11-26-18(24)14-28-19(25)15-29-21(4,5)6/h7-15H2,1-6H3. The SMILES string of the molecule is CC(C)(C)CC(=O)OCC(=O)CCCCCOC(=O)COC(=O)COC(C)(C)C. The van der Waals surface area contributed by atoms with Crippen LogP contribution in [-0.2, 0) is 38.1 Å². The molecule has 0 atom stereocenters. The molecule has 0 aromatic heterocycles. The Hall–Kier alpha value is -1.96. The number of ether oxygens (including phenoxy) is 4. The van der Waals surface area contributed by atoms with Crippen molar-refractivity contribution in [3.8, 4) is 0 Å². The van der Waals surface area contributed by atoms with Crippen molar-refractivity contribution >= 4 is 23.7 Å². The highest BCUT2D eigenvalue weighted by atomic mass is 16.6. The van der Waals surface area contributed by atoms with Crippen molar-refractivity contribution in [1.29, 1.82) is 0 Å². The Bertz CT molecular complexity index is 540. The van der Waals surface area contributed by atoms with Gasteiger partial charge in [-0.05, 0) is 45.4 Å². The zero-order chi connectivity index (χ0) is 22.5. The molecule has 0 saturated heterocycles. The molecule has 0 saturated carbocycles. The van der Waals surface area contributed by atoms with Gasteiger partial charge in [-0.1, -0.05) is 20.8 Å². The van der Waals surface area contributed by atoms with Crippen LogP contribution < -0.4 is 0 Å². The number of ketones is 1. The monoisotopic (exact) mass is 416 g/mol. The first-order valence-electron chi connectivity index (χ1n) is 9.91. The van der Waals surface area contributed by atoms with Crippen LogP contribution in [0.4, 0.5) is 0 Å². The normalized spacial score (nSPS) is 11.7. The summed E-state index contributed by atoms with van der Waals surface area (Å²) in [6.45, 7) is 10.5. The fourth-order valence-corrected chi connectivity index (χ4v) is 2.00. The van der Waals surface area contributed by atoms with E-state index in [4.69, 9.17) is 18.9 Å². The first-order chi connectivity index (χ1) is 13.3. The van der Waals surface area contributed by atoms with E-state index < -0.39 is 24.1 Å². The van der Waals surface area contributed by atoms with Crippen molar-refractivity contribution in [1.82, 2.24) is 0 Å². The number of Topliss-reactive ketones (excluding diaryl/α,β-unsaturated/α-hetero) is 1. The minimum absolute atomic E-state index is 0.131. The topological polar surface area (TPSA) is 105 Å². The lowest BCUT2D eigenvalue weighted by atomic mass is 9.92. The van der Waals surface area contributed by atoms with E-state index in [0.717, 1.165) is 0 Å². The quantitative estimate of drug-likeness (QED) is 0.256. The minimum Gasteiger partial charge on any atom is -0.463 e. The molecule has 0 aliphatic rings. The number of rotatable bonds is 13. The molecule has 0 N–H and O–H groups in total. The molecule has 0 amide bonds. The summed E-state index contributed by atoms with van der Waals surface area (Å²) >= 11 is 0. The molecule has 29 heavy (non-hydrogen) atoms. The van der Waals surface area contributed by atoms with Crippen molar-refractivity contribution in [2.45, 2.75) is 79.2 Å². The second-order valence-corrected chi connectivity index (χ2v) is 9.03. The van der Waals surface area contributed by atoms with E-state index in [0.29, 0.717) is 25.7 Å². The van der Waals surface area contributed by atoms with E-state index in [1.54, 1.807) is 0 Å². The number of unbranched alkanes of at least 4 members (excludes halogenated alkanes) is 2. The highest BCUT2D eigenvalue weighted by molar-refractivity contribution is 5.82. The van der Waals surface area contributed by atoms with E-state index in [-0.39, 0.29) is 43.4 Å². The third-order valence-corrected chi connectivity index (χ3v) is 3.41. The van der Waals surface area contributed by atoms with Crippen LogP contribution in [0.5, 0.6) is 0 Å². The van der Waals surface area contributed by atoms with Gasteiger partial charge in [-0.15, -0.1) is 0 Å². The smallest absolute Gasteiger partial charge is 0.344 e. The molecular formula is C21H36O8. The zero-order valence-electron chi connectivity index (χ0n) is 18.6. The summed E-state index contributed by atoms with van der Waals surface area (Å²) in [6.07, 6.45) is 2.47. The minimum atomic E-state index is -0.629. The summed E-state index contributed by atoms with van der Waals surface area (Å²) in [5, 5.41) is 0. The highest BCUT2D eigenvalue weighted by Crippen LogP contribution is 2.18. The molecule has 0 aliphatic carbocycles. The van der Waals surface area contributed by atoms with Crippen LogP contribution in [0.2, 0.25) is 0 Å². The van der Waals surface area contributed by atoms with Crippen molar-refractivity contribution in [3.05, 3.63) is 0 Å². The van der Waals surface area contributed by atoms with Crippen molar-refractivity contribution in [2.75, 3.05) is 26.4 Å². The predicted molar refractivity (Wildman–Crippen MR) is 106 cm³/mol. The molecule has 0 unspecified atom stereocenters. The lowest BCUT2D eigenvalue weighted by molar-refractivity contribution is -0.164. The molecule has 0 radical (unpaired) electrons. The van der Waals surface area contributed by atoms with E-state index in [1.807, 2.05) is 41.5 Å². The van der Waals surface area contributed by atoms with Gasteiger partial charge in [0.05, 0.1) is 18.6 Å². The Morgan fingerprint density at radius 3 is 1.83 bits per heavy atom. The van der Waals surface area contributed by atoms with Gasteiger partial charge in [0.25, 0.3) is 0 Å². The van der Waals surface area contributed by atoms with Crippen molar-refractivity contribution < 1.29 is 38.1 Å². The summed E-state index contributed by atoms with van der Waals surface area (Å²) < 4.78 is 19.9. The summed E-state index contributed by atoms with van der Waals surface area (Å²) in [4.78, 5) is 46.2. The molecule has 0 heterocycles. The third-order valence-electron chi connectivity index (χ3n) is 3.41. The van der Waals surface area contributed by atoms with Gasteiger partial charge in [-0.2, -0.15) is 0 Å². The van der Waals surface area contributed by atoms with Gasteiger partial charge in [0.2, 0.25) is 0 Å². The third kappa shape index (κ3) is 19.1. The number of esters is 3. The average molecular weight is 417 g/mol. The van der Waals surface area contributed by atoms with Gasteiger partial charge >= 0.3 is 17.9 Å². The summed E-state index contributed by atoms with van der Waals surface area (Å²) in [6, 6.07) is 0. The van der Waals surface area contributed by atoms with Crippen LogP contribution in [0.15, 0.2) is 0 Å². The molecular weight excluding hydrogens is 380 g/mol. The molecule has 0 aromatic carbocycles. The molecule has 0 aromatic rings. The fraction of sp³-hybridized carbons (Fsp3) is 0.810. The highest BCUT2D eigenvalue weighted by Gasteiger charge is 2.18.